The van der Waals surface area contributed by atoms with Crippen molar-refractivity contribution in [3.05, 3.63) is 58.0 Å². The Hall–Kier alpha value is -1.41. The highest BCUT2D eigenvalue weighted by Crippen LogP contribution is 2.20. The third-order valence-corrected chi connectivity index (χ3v) is 5.39. The maximum absolute atomic E-state index is 12.1. The summed E-state index contributed by atoms with van der Waals surface area (Å²) < 4.78 is 27.5. The minimum Gasteiger partial charge on any atom is -0.326 e. The molecule has 2 rings (SSSR count). The van der Waals surface area contributed by atoms with E-state index in [4.69, 9.17) is 11.6 Å². The molecule has 23 heavy (non-hydrogen) atoms. The molecular weight excluding hydrogens is 404 g/mol. The Labute approximate surface area is 148 Å². The van der Waals surface area contributed by atoms with E-state index in [9.17, 15) is 13.2 Å². The third kappa shape index (κ3) is 5.31. The first-order chi connectivity index (χ1) is 10.9. The number of benzene rings is 2. The van der Waals surface area contributed by atoms with E-state index in [1.165, 1.54) is 12.1 Å². The number of halogens is 2. The molecule has 8 heteroatoms. The molecule has 0 aliphatic carbocycles. The van der Waals surface area contributed by atoms with Crippen molar-refractivity contribution in [1.82, 2.24) is 4.72 Å². The van der Waals surface area contributed by atoms with Crippen LogP contribution in [0, 0.1) is 0 Å². The van der Waals surface area contributed by atoms with E-state index in [-0.39, 0.29) is 28.8 Å². The van der Waals surface area contributed by atoms with Crippen molar-refractivity contribution in [1.29, 1.82) is 0 Å². The predicted octanol–water partition coefficient (Wildman–Crippen LogP) is 3.41. The predicted molar refractivity (Wildman–Crippen MR) is 94.0 cm³/mol. The van der Waals surface area contributed by atoms with Gasteiger partial charge in [-0.15, -0.1) is 0 Å². The smallest absolute Gasteiger partial charge is 0.242 e. The first-order valence-corrected chi connectivity index (χ1v) is 9.33. The number of carbonyl (C=O) groups excluding carboxylic acids is 1. The molecule has 0 fully saturated rings. The van der Waals surface area contributed by atoms with Gasteiger partial charge >= 0.3 is 0 Å². The van der Waals surface area contributed by atoms with Crippen molar-refractivity contribution in [2.45, 2.75) is 11.3 Å². The Morgan fingerprint density at radius 2 is 1.74 bits per heavy atom. The fraction of sp³-hybridized carbons (Fsp3) is 0.133. The molecule has 0 saturated carbocycles. The first kappa shape index (κ1) is 17.9. The van der Waals surface area contributed by atoms with Crippen LogP contribution in [-0.4, -0.2) is 20.9 Å². The summed E-state index contributed by atoms with van der Waals surface area (Å²) >= 11 is 9.17. The molecule has 0 atom stereocenters. The minimum atomic E-state index is -3.73. The van der Waals surface area contributed by atoms with Gasteiger partial charge in [0, 0.05) is 23.1 Å². The number of nitrogens with one attached hydrogen (secondary N) is 2. The van der Waals surface area contributed by atoms with Gasteiger partial charge in [-0.05, 0) is 36.4 Å². The van der Waals surface area contributed by atoms with Gasteiger partial charge in [0.25, 0.3) is 0 Å². The number of anilines is 1. The van der Waals surface area contributed by atoms with Gasteiger partial charge in [-0.3, -0.25) is 4.79 Å². The molecule has 0 spiro atoms. The molecule has 2 aromatic rings. The maximum atomic E-state index is 12.1. The topological polar surface area (TPSA) is 75.3 Å². The van der Waals surface area contributed by atoms with Crippen LogP contribution < -0.4 is 10.0 Å². The molecule has 122 valence electrons. The van der Waals surface area contributed by atoms with Crippen LogP contribution in [0.5, 0.6) is 0 Å². The Kier molecular flexibility index (Phi) is 6.17. The summed E-state index contributed by atoms with van der Waals surface area (Å²) in [4.78, 5) is 11.8. The molecule has 2 N–H and O–H groups in total. The summed E-state index contributed by atoms with van der Waals surface area (Å²) in [7, 11) is -3.73. The summed E-state index contributed by atoms with van der Waals surface area (Å²) in [5, 5.41) is 2.82. The van der Waals surface area contributed by atoms with Gasteiger partial charge in [0.05, 0.1) is 5.02 Å². The second kappa shape index (κ2) is 7.92. The summed E-state index contributed by atoms with van der Waals surface area (Å²) in [5.41, 5.74) is 0.646. The lowest BCUT2D eigenvalue weighted by molar-refractivity contribution is -0.116. The van der Waals surface area contributed by atoms with Crippen LogP contribution in [0.3, 0.4) is 0 Å². The normalized spacial score (nSPS) is 11.2. The largest absolute Gasteiger partial charge is 0.326 e. The fourth-order valence-electron chi connectivity index (χ4n) is 1.80. The Morgan fingerprint density at radius 1 is 1.09 bits per heavy atom. The van der Waals surface area contributed by atoms with Crippen molar-refractivity contribution in [2.24, 2.45) is 0 Å². The molecule has 0 aliphatic rings. The van der Waals surface area contributed by atoms with Gasteiger partial charge < -0.3 is 5.32 Å². The van der Waals surface area contributed by atoms with E-state index >= 15 is 0 Å². The zero-order chi connectivity index (χ0) is 16.9. The van der Waals surface area contributed by atoms with Crippen LogP contribution in [0.4, 0.5) is 5.69 Å². The number of carbonyl (C=O) groups is 1. The Balaban J connectivity index is 1.88. The number of hydrogen-bond acceptors (Lipinski definition) is 3. The molecule has 2 aromatic carbocycles. The molecule has 0 aliphatic heterocycles. The number of amides is 1. The molecule has 0 aromatic heterocycles. The van der Waals surface area contributed by atoms with Crippen LogP contribution in [-0.2, 0) is 14.8 Å². The highest BCUT2D eigenvalue weighted by atomic mass is 79.9. The van der Waals surface area contributed by atoms with Crippen LogP contribution in [0.2, 0.25) is 5.02 Å². The van der Waals surface area contributed by atoms with Crippen LogP contribution in [0.15, 0.2) is 57.9 Å². The van der Waals surface area contributed by atoms with Gasteiger partial charge in [-0.25, -0.2) is 13.1 Å². The summed E-state index contributed by atoms with van der Waals surface area (Å²) in [6, 6.07) is 13.2. The lowest BCUT2D eigenvalue weighted by Crippen LogP contribution is -2.28. The number of rotatable bonds is 6. The quantitative estimate of drug-likeness (QED) is 0.756. The van der Waals surface area contributed by atoms with Crippen molar-refractivity contribution in [2.75, 3.05) is 11.9 Å². The van der Waals surface area contributed by atoms with Crippen molar-refractivity contribution < 1.29 is 13.2 Å². The Morgan fingerprint density at radius 3 is 2.39 bits per heavy atom. The molecule has 0 saturated heterocycles. The first-order valence-electron chi connectivity index (χ1n) is 6.68. The maximum Gasteiger partial charge on any atom is 0.242 e. The number of hydrogen-bond donors (Lipinski definition) is 2. The van der Waals surface area contributed by atoms with Crippen molar-refractivity contribution in [3.8, 4) is 0 Å². The van der Waals surface area contributed by atoms with E-state index in [0.29, 0.717) is 5.69 Å². The second-order valence-corrected chi connectivity index (χ2v) is 7.69. The van der Waals surface area contributed by atoms with Gasteiger partial charge in [0.2, 0.25) is 15.9 Å². The van der Waals surface area contributed by atoms with Crippen LogP contribution in [0.1, 0.15) is 6.42 Å². The van der Waals surface area contributed by atoms with E-state index < -0.39 is 10.0 Å². The van der Waals surface area contributed by atoms with Crippen LogP contribution >= 0.6 is 27.5 Å². The third-order valence-electron chi connectivity index (χ3n) is 2.90. The SMILES string of the molecule is O=C(CCNS(=O)(=O)c1ccccc1Cl)Nc1ccc(Br)cc1. The lowest BCUT2D eigenvalue weighted by Gasteiger charge is -2.08. The Bertz CT molecular complexity index is 795. The van der Waals surface area contributed by atoms with E-state index in [0.717, 1.165) is 4.47 Å². The van der Waals surface area contributed by atoms with Gasteiger partial charge in [0.1, 0.15) is 4.90 Å². The minimum absolute atomic E-state index is 0.00464. The lowest BCUT2D eigenvalue weighted by atomic mass is 10.3. The molecule has 0 unspecified atom stereocenters. The van der Waals surface area contributed by atoms with Crippen molar-refractivity contribution >= 4 is 49.1 Å². The monoisotopic (exact) mass is 416 g/mol. The molecule has 5 nitrogen and oxygen atoms in total. The average Bonchev–Trinajstić information content (AvgIpc) is 2.49. The summed E-state index contributed by atoms with van der Waals surface area (Å²) in [6.45, 7) is -0.0179. The fourth-order valence-corrected chi connectivity index (χ4v) is 3.61. The molecule has 0 heterocycles. The van der Waals surface area contributed by atoms with E-state index in [1.54, 1.807) is 36.4 Å². The van der Waals surface area contributed by atoms with Gasteiger partial charge in [-0.1, -0.05) is 39.7 Å². The van der Waals surface area contributed by atoms with Gasteiger partial charge in [0.15, 0.2) is 0 Å². The highest BCUT2D eigenvalue weighted by Gasteiger charge is 2.17. The van der Waals surface area contributed by atoms with Gasteiger partial charge in [-0.2, -0.15) is 0 Å². The molecule has 0 bridgehead atoms. The highest BCUT2D eigenvalue weighted by molar-refractivity contribution is 9.10. The summed E-state index contributed by atoms with van der Waals surface area (Å²) in [6.07, 6.45) is 0.0136. The second-order valence-electron chi connectivity index (χ2n) is 4.63. The van der Waals surface area contributed by atoms with E-state index in [1.807, 2.05) is 0 Å². The zero-order valence-electron chi connectivity index (χ0n) is 11.9. The zero-order valence-corrected chi connectivity index (χ0v) is 15.1. The molecular formula is C15H14BrClN2O3S. The van der Waals surface area contributed by atoms with E-state index in [2.05, 4.69) is 26.0 Å². The molecule has 0 radical (unpaired) electrons. The summed E-state index contributed by atoms with van der Waals surface area (Å²) in [5.74, 6) is -0.283. The standard InChI is InChI=1S/C15H14BrClN2O3S/c16-11-5-7-12(8-6-11)19-15(20)9-10-18-23(21,22)14-4-2-1-3-13(14)17/h1-8,18H,9-10H2,(H,19,20). The molecule has 1 amide bonds. The van der Waals surface area contributed by atoms with Crippen molar-refractivity contribution in [3.63, 3.8) is 0 Å². The average molecular weight is 418 g/mol. The number of sulfonamides is 1. The van der Waals surface area contributed by atoms with Crippen LogP contribution in [0.25, 0.3) is 0 Å².